The second kappa shape index (κ2) is 5.22. The third-order valence-corrected chi connectivity index (χ3v) is 3.39. The molecule has 98 valence electrons. The molecule has 1 heterocycles. The number of carbonyl (C=O) groups is 1. The van der Waals surface area contributed by atoms with Crippen molar-refractivity contribution in [3.8, 4) is 11.3 Å². The van der Waals surface area contributed by atoms with E-state index in [1.807, 2.05) is 19.1 Å². The van der Waals surface area contributed by atoms with E-state index in [0.717, 1.165) is 34.2 Å². The van der Waals surface area contributed by atoms with Gasteiger partial charge in [-0.2, -0.15) is 0 Å². The van der Waals surface area contributed by atoms with Gasteiger partial charge in [-0.25, -0.2) is 0 Å². The number of nitrogens with zero attached hydrogens (tertiary/aromatic N) is 1. The molecular weight excluding hydrogens is 238 g/mol. The van der Waals surface area contributed by atoms with Gasteiger partial charge in [-0.1, -0.05) is 23.4 Å². The van der Waals surface area contributed by atoms with E-state index in [4.69, 9.17) is 4.52 Å². The SMILES string of the molecule is C/C(C=O)=C(\C)c1cc(-c2c(C)cccc2C)no1. The predicted octanol–water partition coefficient (Wildman–Crippen LogP) is 3.95. The first-order valence-corrected chi connectivity index (χ1v) is 6.21. The maximum atomic E-state index is 10.8. The normalized spacial score (nSPS) is 12.2. The van der Waals surface area contributed by atoms with Gasteiger partial charge >= 0.3 is 0 Å². The van der Waals surface area contributed by atoms with Gasteiger partial charge in [0, 0.05) is 17.2 Å². The Morgan fingerprint density at radius 2 is 1.84 bits per heavy atom. The molecule has 0 aliphatic carbocycles. The molecule has 0 aliphatic heterocycles. The predicted molar refractivity (Wildman–Crippen MR) is 75.7 cm³/mol. The molecule has 3 nitrogen and oxygen atoms in total. The topological polar surface area (TPSA) is 43.1 Å². The van der Waals surface area contributed by atoms with E-state index in [1.165, 1.54) is 0 Å². The summed E-state index contributed by atoms with van der Waals surface area (Å²) in [6.07, 6.45) is 0.830. The summed E-state index contributed by atoms with van der Waals surface area (Å²) in [6.45, 7) is 7.73. The molecule has 0 N–H and O–H groups in total. The third-order valence-electron chi connectivity index (χ3n) is 3.39. The summed E-state index contributed by atoms with van der Waals surface area (Å²) in [7, 11) is 0. The number of hydrogen-bond donors (Lipinski definition) is 0. The molecule has 19 heavy (non-hydrogen) atoms. The third kappa shape index (κ3) is 2.50. The Morgan fingerprint density at radius 1 is 1.21 bits per heavy atom. The summed E-state index contributed by atoms with van der Waals surface area (Å²) in [5, 5.41) is 4.12. The maximum absolute atomic E-state index is 10.8. The van der Waals surface area contributed by atoms with Gasteiger partial charge in [-0.15, -0.1) is 0 Å². The first kappa shape index (κ1) is 13.3. The molecule has 3 heteroatoms. The van der Waals surface area contributed by atoms with Crippen molar-refractivity contribution < 1.29 is 9.32 Å². The summed E-state index contributed by atoms with van der Waals surface area (Å²) in [5.74, 6) is 0.641. The number of aryl methyl sites for hydroxylation is 2. The standard InChI is InChI=1S/C16H17NO2/c1-10-6-5-7-11(2)16(10)14-8-15(19-17-14)13(4)12(3)9-18/h5-9H,1-4H3/b13-12-. The number of rotatable bonds is 3. The van der Waals surface area contributed by atoms with Gasteiger partial charge in [0.05, 0.1) is 0 Å². The Morgan fingerprint density at radius 3 is 2.42 bits per heavy atom. The van der Waals surface area contributed by atoms with Crippen LogP contribution in [0.5, 0.6) is 0 Å². The highest BCUT2D eigenvalue weighted by Crippen LogP contribution is 2.29. The summed E-state index contributed by atoms with van der Waals surface area (Å²) in [5.41, 5.74) is 5.70. The van der Waals surface area contributed by atoms with Gasteiger partial charge in [0.15, 0.2) is 5.76 Å². The van der Waals surface area contributed by atoms with E-state index in [0.29, 0.717) is 11.3 Å². The lowest BCUT2D eigenvalue weighted by Crippen LogP contribution is -1.87. The van der Waals surface area contributed by atoms with Crippen LogP contribution in [0.2, 0.25) is 0 Å². The Hall–Kier alpha value is -2.16. The van der Waals surface area contributed by atoms with Gasteiger partial charge in [0.2, 0.25) is 0 Å². The van der Waals surface area contributed by atoms with Crippen molar-refractivity contribution in [3.63, 3.8) is 0 Å². The zero-order chi connectivity index (χ0) is 14.0. The second-order valence-electron chi connectivity index (χ2n) is 4.77. The first-order chi connectivity index (χ1) is 9.04. The molecule has 0 atom stereocenters. The minimum absolute atomic E-state index is 0.641. The fraction of sp³-hybridized carbons (Fsp3) is 0.250. The Labute approximate surface area is 112 Å². The van der Waals surface area contributed by atoms with E-state index in [2.05, 4.69) is 31.1 Å². The van der Waals surface area contributed by atoms with Crippen LogP contribution in [0.15, 0.2) is 34.4 Å². The number of allylic oxidation sites excluding steroid dienone is 2. The molecule has 0 radical (unpaired) electrons. The van der Waals surface area contributed by atoms with Crippen molar-refractivity contribution in [1.82, 2.24) is 5.16 Å². The van der Waals surface area contributed by atoms with Crippen molar-refractivity contribution in [1.29, 1.82) is 0 Å². The van der Waals surface area contributed by atoms with Crippen LogP contribution in [0, 0.1) is 13.8 Å². The lowest BCUT2D eigenvalue weighted by molar-refractivity contribution is -0.104. The molecule has 0 saturated carbocycles. The zero-order valence-electron chi connectivity index (χ0n) is 11.7. The fourth-order valence-electron chi connectivity index (χ4n) is 2.07. The van der Waals surface area contributed by atoms with Crippen LogP contribution in [-0.2, 0) is 4.79 Å². The lowest BCUT2D eigenvalue weighted by atomic mass is 9.99. The van der Waals surface area contributed by atoms with E-state index in [-0.39, 0.29) is 0 Å². The molecular formula is C16H17NO2. The van der Waals surface area contributed by atoms with Crippen molar-refractivity contribution in [2.45, 2.75) is 27.7 Å². The van der Waals surface area contributed by atoms with Crippen molar-refractivity contribution in [2.75, 3.05) is 0 Å². The van der Waals surface area contributed by atoms with Gasteiger partial charge in [0.25, 0.3) is 0 Å². The summed E-state index contributed by atoms with van der Waals surface area (Å²) < 4.78 is 5.35. The van der Waals surface area contributed by atoms with Gasteiger partial charge in [-0.3, -0.25) is 4.79 Å². The van der Waals surface area contributed by atoms with Gasteiger partial charge in [0.1, 0.15) is 12.0 Å². The molecule has 0 bridgehead atoms. The molecule has 0 spiro atoms. The van der Waals surface area contributed by atoms with Crippen molar-refractivity contribution in [2.24, 2.45) is 0 Å². The van der Waals surface area contributed by atoms with Gasteiger partial charge in [-0.05, 0) is 44.4 Å². The Balaban J connectivity index is 2.51. The Bertz CT molecular complexity index is 630. The summed E-state index contributed by atoms with van der Waals surface area (Å²) in [4.78, 5) is 10.8. The molecule has 2 rings (SSSR count). The first-order valence-electron chi connectivity index (χ1n) is 6.21. The van der Waals surface area contributed by atoms with E-state index < -0.39 is 0 Å². The molecule has 0 fully saturated rings. The van der Waals surface area contributed by atoms with Crippen LogP contribution >= 0.6 is 0 Å². The molecule has 0 aliphatic rings. The average molecular weight is 255 g/mol. The Kier molecular flexibility index (Phi) is 3.65. The lowest BCUT2D eigenvalue weighted by Gasteiger charge is -2.05. The monoisotopic (exact) mass is 255 g/mol. The second-order valence-corrected chi connectivity index (χ2v) is 4.77. The maximum Gasteiger partial charge on any atom is 0.163 e. The molecule has 1 aromatic carbocycles. The van der Waals surface area contributed by atoms with Gasteiger partial charge < -0.3 is 4.52 Å². The number of aromatic nitrogens is 1. The molecule has 0 unspecified atom stereocenters. The fourth-order valence-corrected chi connectivity index (χ4v) is 2.07. The van der Waals surface area contributed by atoms with Crippen LogP contribution in [0.3, 0.4) is 0 Å². The number of hydrogen-bond acceptors (Lipinski definition) is 3. The molecule has 0 saturated heterocycles. The van der Waals surface area contributed by atoms with Crippen LogP contribution < -0.4 is 0 Å². The molecule has 1 aromatic heterocycles. The minimum atomic E-state index is 0.641. The van der Waals surface area contributed by atoms with Crippen LogP contribution in [0.4, 0.5) is 0 Å². The highest BCUT2D eigenvalue weighted by atomic mass is 16.5. The van der Waals surface area contributed by atoms with Crippen LogP contribution in [0.1, 0.15) is 30.7 Å². The van der Waals surface area contributed by atoms with E-state index in [9.17, 15) is 4.79 Å². The minimum Gasteiger partial charge on any atom is -0.356 e. The zero-order valence-corrected chi connectivity index (χ0v) is 11.7. The highest BCUT2D eigenvalue weighted by Gasteiger charge is 2.13. The van der Waals surface area contributed by atoms with E-state index in [1.54, 1.807) is 6.92 Å². The number of aldehydes is 1. The smallest absolute Gasteiger partial charge is 0.163 e. The average Bonchev–Trinajstić information content (AvgIpc) is 2.86. The number of benzene rings is 1. The summed E-state index contributed by atoms with van der Waals surface area (Å²) in [6, 6.07) is 8.01. The molecule has 0 amide bonds. The van der Waals surface area contributed by atoms with Crippen molar-refractivity contribution in [3.05, 3.63) is 46.7 Å². The van der Waals surface area contributed by atoms with Crippen LogP contribution in [0.25, 0.3) is 16.8 Å². The van der Waals surface area contributed by atoms with Crippen LogP contribution in [-0.4, -0.2) is 11.4 Å². The molecule has 2 aromatic rings. The highest BCUT2D eigenvalue weighted by molar-refractivity contribution is 5.86. The van der Waals surface area contributed by atoms with E-state index >= 15 is 0 Å². The quantitative estimate of drug-likeness (QED) is 0.616. The summed E-state index contributed by atoms with van der Waals surface area (Å²) >= 11 is 0. The largest absolute Gasteiger partial charge is 0.356 e. The number of carbonyl (C=O) groups excluding carboxylic acids is 1. The van der Waals surface area contributed by atoms with Crippen molar-refractivity contribution >= 4 is 11.9 Å².